The van der Waals surface area contributed by atoms with Gasteiger partial charge in [0.2, 0.25) is 0 Å². The minimum Gasteiger partial charge on any atom is -0.455 e. The lowest BCUT2D eigenvalue weighted by Gasteiger charge is -2.21. The highest BCUT2D eigenvalue weighted by atomic mass is 16.7. The molecule has 4 atom stereocenters. The van der Waals surface area contributed by atoms with Crippen LogP contribution in [-0.2, 0) is 23.8 Å². The second-order valence-corrected chi connectivity index (χ2v) is 3.40. The smallest absolute Gasteiger partial charge is 0.303 e. The molecule has 0 aliphatic carbocycles. The number of rotatable bonds is 3. The monoisotopic (exact) mass is 234 g/mol. The van der Waals surface area contributed by atoms with Gasteiger partial charge in [-0.05, 0) is 0 Å². The van der Waals surface area contributed by atoms with E-state index in [1.54, 1.807) is 0 Å². The maximum absolute atomic E-state index is 10.8. The van der Waals surface area contributed by atoms with E-state index in [1.165, 1.54) is 6.92 Å². The Balaban J connectivity index is 2.76. The number of hydrogen-bond acceptors (Lipinski definition) is 7. The normalized spacial score (nSPS) is 33.5. The van der Waals surface area contributed by atoms with Gasteiger partial charge in [-0.2, -0.15) is 0 Å². The van der Waals surface area contributed by atoms with E-state index in [9.17, 15) is 14.7 Å². The van der Waals surface area contributed by atoms with Gasteiger partial charge in [-0.25, -0.2) is 0 Å². The van der Waals surface area contributed by atoms with E-state index in [-0.39, 0.29) is 0 Å². The van der Waals surface area contributed by atoms with Crippen LogP contribution in [0.2, 0.25) is 0 Å². The first-order chi connectivity index (χ1) is 7.45. The minimum atomic E-state index is -1.41. The Kier molecular flexibility index (Phi) is 4.22. The average molecular weight is 234 g/mol. The molecule has 0 radical (unpaired) electrons. The average Bonchev–Trinajstić information content (AvgIpc) is 2.44. The molecule has 0 aromatic heterocycles. The van der Waals surface area contributed by atoms with Gasteiger partial charge in [-0.3, -0.25) is 9.59 Å². The highest BCUT2D eigenvalue weighted by molar-refractivity contribution is 5.67. The van der Waals surface area contributed by atoms with Crippen molar-refractivity contribution in [3.8, 4) is 0 Å². The fourth-order valence-electron chi connectivity index (χ4n) is 1.51. The molecule has 0 saturated carbocycles. The summed E-state index contributed by atoms with van der Waals surface area (Å²) in [5.41, 5.74) is 0. The first-order valence-electron chi connectivity index (χ1n) is 4.74. The summed E-state index contributed by atoms with van der Waals surface area (Å²) in [6, 6.07) is 0. The maximum atomic E-state index is 10.8. The van der Waals surface area contributed by atoms with E-state index < -0.39 is 43.1 Å². The summed E-state index contributed by atoms with van der Waals surface area (Å²) in [5.74, 6) is -1.25. The quantitative estimate of drug-likeness (QED) is 0.576. The topological polar surface area (TPSA) is 102 Å². The van der Waals surface area contributed by atoms with E-state index in [2.05, 4.69) is 0 Å². The summed E-state index contributed by atoms with van der Waals surface area (Å²) in [6.07, 6.45) is -4.42. The van der Waals surface area contributed by atoms with Crippen LogP contribution in [0.4, 0.5) is 0 Å². The zero-order valence-corrected chi connectivity index (χ0v) is 8.95. The van der Waals surface area contributed by atoms with Crippen LogP contribution in [0.15, 0.2) is 0 Å². The van der Waals surface area contributed by atoms with Crippen LogP contribution in [0.5, 0.6) is 0 Å². The molecule has 1 aliphatic heterocycles. The molecule has 0 aromatic rings. The van der Waals surface area contributed by atoms with Gasteiger partial charge in [0.1, 0.15) is 6.10 Å². The van der Waals surface area contributed by atoms with Gasteiger partial charge in [-0.1, -0.05) is 0 Å². The second-order valence-electron chi connectivity index (χ2n) is 3.40. The first kappa shape index (κ1) is 12.9. The highest BCUT2D eigenvalue weighted by Crippen LogP contribution is 2.25. The number of aliphatic hydroxyl groups excluding tert-OH is 2. The maximum Gasteiger partial charge on any atom is 0.303 e. The van der Waals surface area contributed by atoms with Crippen LogP contribution in [0.1, 0.15) is 13.8 Å². The van der Waals surface area contributed by atoms with Crippen molar-refractivity contribution < 1.29 is 34.0 Å². The summed E-state index contributed by atoms with van der Waals surface area (Å²) in [4.78, 5) is 21.6. The lowest BCUT2D eigenvalue weighted by Crippen LogP contribution is -2.40. The molecule has 16 heavy (non-hydrogen) atoms. The molecule has 92 valence electrons. The lowest BCUT2D eigenvalue weighted by molar-refractivity contribution is -0.174. The molecule has 2 N–H and O–H groups in total. The zero-order valence-electron chi connectivity index (χ0n) is 8.95. The van der Waals surface area contributed by atoms with Crippen molar-refractivity contribution in [2.24, 2.45) is 0 Å². The van der Waals surface area contributed by atoms with E-state index >= 15 is 0 Å². The minimum absolute atomic E-state index is 0.452. The molecule has 1 aliphatic rings. The van der Waals surface area contributed by atoms with Crippen molar-refractivity contribution in [1.29, 1.82) is 0 Å². The van der Waals surface area contributed by atoms with E-state index in [4.69, 9.17) is 19.3 Å². The van der Waals surface area contributed by atoms with Gasteiger partial charge in [0.15, 0.2) is 18.5 Å². The van der Waals surface area contributed by atoms with Crippen LogP contribution in [0, 0.1) is 0 Å². The third kappa shape index (κ3) is 2.91. The van der Waals surface area contributed by atoms with Crippen molar-refractivity contribution in [3.63, 3.8) is 0 Å². The second kappa shape index (κ2) is 5.24. The number of hydrogen-bond donors (Lipinski definition) is 2. The Morgan fingerprint density at radius 2 is 1.69 bits per heavy atom. The number of carbonyl (C=O) groups excluding carboxylic acids is 2. The lowest BCUT2D eigenvalue weighted by atomic mass is 10.1. The molecule has 2 unspecified atom stereocenters. The third-order valence-electron chi connectivity index (χ3n) is 2.07. The molecule has 1 saturated heterocycles. The van der Waals surface area contributed by atoms with Gasteiger partial charge >= 0.3 is 11.9 Å². The molecular weight excluding hydrogens is 220 g/mol. The van der Waals surface area contributed by atoms with Gasteiger partial charge in [0.25, 0.3) is 0 Å². The van der Waals surface area contributed by atoms with Gasteiger partial charge in [0, 0.05) is 13.8 Å². The van der Waals surface area contributed by atoms with Crippen LogP contribution in [-0.4, -0.2) is 53.4 Å². The van der Waals surface area contributed by atoms with Crippen molar-refractivity contribution in [2.75, 3.05) is 6.61 Å². The predicted molar refractivity (Wildman–Crippen MR) is 49.1 cm³/mol. The predicted octanol–water partition coefficient (Wildman–Crippen LogP) is -1.44. The summed E-state index contributed by atoms with van der Waals surface area (Å²) >= 11 is 0. The number of carbonyl (C=O) groups is 2. The van der Waals surface area contributed by atoms with Crippen molar-refractivity contribution in [3.05, 3.63) is 0 Å². The summed E-state index contributed by atoms with van der Waals surface area (Å²) < 4.78 is 14.5. The molecule has 0 spiro atoms. The molecule has 7 heteroatoms. The summed E-state index contributed by atoms with van der Waals surface area (Å²) in [7, 11) is 0. The molecule has 7 nitrogen and oxygen atoms in total. The summed E-state index contributed by atoms with van der Waals surface area (Å²) in [5, 5.41) is 18.4. The fraction of sp³-hybridized carbons (Fsp3) is 0.778. The van der Waals surface area contributed by atoms with Gasteiger partial charge in [0.05, 0.1) is 6.61 Å². The Labute approximate surface area is 91.9 Å². The first-order valence-corrected chi connectivity index (χ1v) is 4.74. The standard InChI is InChI=1S/C9H14O7/c1-4(11)14-7-6(3-10)16-9(13)8(7)15-5(2)12/h6-10,13H,3H2,1-2H3/t6-,7?,8+,9?/m1/s1. The molecular formula is C9H14O7. The van der Waals surface area contributed by atoms with Gasteiger partial charge < -0.3 is 24.4 Å². The van der Waals surface area contributed by atoms with Crippen molar-refractivity contribution in [2.45, 2.75) is 38.4 Å². The zero-order chi connectivity index (χ0) is 12.3. The largest absolute Gasteiger partial charge is 0.455 e. The Hall–Kier alpha value is -1.18. The number of esters is 2. The van der Waals surface area contributed by atoms with Crippen LogP contribution >= 0.6 is 0 Å². The van der Waals surface area contributed by atoms with Crippen molar-refractivity contribution >= 4 is 11.9 Å². The van der Waals surface area contributed by atoms with Crippen LogP contribution in [0.3, 0.4) is 0 Å². The highest BCUT2D eigenvalue weighted by Gasteiger charge is 2.48. The van der Waals surface area contributed by atoms with E-state index in [0.29, 0.717) is 0 Å². The molecule has 0 bridgehead atoms. The Morgan fingerprint density at radius 1 is 1.19 bits per heavy atom. The molecule has 1 rings (SSSR count). The number of aliphatic hydroxyl groups is 2. The molecule has 0 aromatic carbocycles. The van der Waals surface area contributed by atoms with E-state index in [0.717, 1.165) is 6.92 Å². The van der Waals surface area contributed by atoms with Crippen LogP contribution < -0.4 is 0 Å². The molecule has 0 amide bonds. The van der Waals surface area contributed by atoms with E-state index in [1.807, 2.05) is 0 Å². The van der Waals surface area contributed by atoms with Crippen LogP contribution in [0.25, 0.3) is 0 Å². The van der Waals surface area contributed by atoms with Gasteiger partial charge in [-0.15, -0.1) is 0 Å². The van der Waals surface area contributed by atoms with Crippen molar-refractivity contribution in [1.82, 2.24) is 0 Å². The SMILES string of the molecule is CC(=O)OC1[C@H](OC(C)=O)C(O)O[C@@H]1CO. The Morgan fingerprint density at radius 3 is 2.12 bits per heavy atom. The molecule has 1 heterocycles. The number of ether oxygens (including phenoxy) is 3. The third-order valence-corrected chi connectivity index (χ3v) is 2.07. The molecule has 1 fully saturated rings. The fourth-order valence-corrected chi connectivity index (χ4v) is 1.51. The summed E-state index contributed by atoms with van der Waals surface area (Å²) in [6.45, 7) is 1.88. The Bertz CT molecular complexity index is 277.